The predicted molar refractivity (Wildman–Crippen MR) is 269 cm³/mol. The average Bonchev–Trinajstić information content (AvgIpc) is 4.18. The van der Waals surface area contributed by atoms with Gasteiger partial charge in [0.05, 0.1) is 51.4 Å². The molecule has 0 radical (unpaired) electrons. The maximum Gasteiger partial charge on any atom is 0.246 e. The summed E-state index contributed by atoms with van der Waals surface area (Å²) >= 11 is 3.33. The lowest BCUT2D eigenvalue weighted by Crippen LogP contribution is -2.28. The fourth-order valence-corrected chi connectivity index (χ4v) is 11.4. The number of thiophene rings is 2. The van der Waals surface area contributed by atoms with Gasteiger partial charge in [0.15, 0.2) is 5.65 Å². The zero-order chi connectivity index (χ0) is 47.1. The zero-order valence-electron chi connectivity index (χ0n) is 38.7. The summed E-state index contributed by atoms with van der Waals surface area (Å²) in [5.74, 6) is 2.92. The summed E-state index contributed by atoms with van der Waals surface area (Å²) in [7, 11) is 9.22. The average molecular weight is 939 g/mol. The Labute approximate surface area is 396 Å². The largest absolute Gasteiger partial charge is 0.495 e. The second-order valence-corrected chi connectivity index (χ2v) is 19.3. The van der Waals surface area contributed by atoms with Gasteiger partial charge in [-0.25, -0.2) is 24.6 Å². The van der Waals surface area contributed by atoms with E-state index in [0.717, 1.165) is 99.9 Å². The third-order valence-corrected chi connectivity index (χ3v) is 14.7. The number of aryl methyl sites for hydroxylation is 2. The van der Waals surface area contributed by atoms with Crippen molar-refractivity contribution in [1.82, 2.24) is 49.0 Å². The monoisotopic (exact) mass is 938 g/mol. The number of anilines is 2. The molecule has 2 amide bonds. The van der Waals surface area contributed by atoms with E-state index in [2.05, 4.69) is 86.8 Å². The van der Waals surface area contributed by atoms with Crippen LogP contribution < -0.4 is 20.5 Å². The number of likely N-dealkylation sites (N-methyl/N-ethyl adjacent to an activating group) is 1. The van der Waals surface area contributed by atoms with Crippen molar-refractivity contribution in [1.29, 1.82) is 0 Å². The normalized spacial score (nSPS) is 16.2. The third kappa shape index (κ3) is 8.67. The molecule has 0 bridgehead atoms. The molecule has 2 saturated heterocycles. The molecule has 8 heterocycles. The summed E-state index contributed by atoms with van der Waals surface area (Å²) in [5, 5.41) is 12.2. The first kappa shape index (κ1) is 45.3. The summed E-state index contributed by atoms with van der Waals surface area (Å²) in [5.41, 5.74) is 12.0. The highest BCUT2D eigenvalue weighted by Crippen LogP contribution is 2.45. The number of hydrogen-bond acceptors (Lipinski definition) is 14. The van der Waals surface area contributed by atoms with Gasteiger partial charge in [-0.05, 0) is 93.0 Å². The molecule has 2 atom stereocenters. The van der Waals surface area contributed by atoms with Crippen LogP contribution in [0.15, 0.2) is 80.1 Å². The molecular formula is C49H54N12O4S2. The molecule has 0 spiro atoms. The number of nitrogen functional groups attached to an aromatic ring is 1. The number of carbonyl (C=O) groups excluding carboxylic acids is 2. The number of amides is 2. The van der Waals surface area contributed by atoms with Gasteiger partial charge in [0.25, 0.3) is 0 Å². The first-order valence-electron chi connectivity index (χ1n) is 22.1. The van der Waals surface area contributed by atoms with Crippen molar-refractivity contribution in [3.8, 4) is 32.5 Å². The molecule has 0 saturated carbocycles. The zero-order valence-corrected chi connectivity index (χ0v) is 40.4. The molecule has 2 fully saturated rings. The lowest BCUT2D eigenvalue weighted by atomic mass is 10.1. The lowest BCUT2D eigenvalue weighted by Gasteiger charge is -2.16. The van der Waals surface area contributed by atoms with Crippen LogP contribution in [0.25, 0.3) is 63.3 Å². The van der Waals surface area contributed by atoms with Crippen LogP contribution >= 0.6 is 22.7 Å². The van der Waals surface area contributed by atoms with E-state index in [4.69, 9.17) is 20.3 Å². The van der Waals surface area contributed by atoms with Gasteiger partial charge in [-0.3, -0.25) is 9.59 Å². The van der Waals surface area contributed by atoms with Gasteiger partial charge in [-0.1, -0.05) is 24.8 Å². The number of hydrogen-bond donors (Lipinski definition) is 2. The number of ether oxygens (including phenoxy) is 2. The smallest absolute Gasteiger partial charge is 0.246 e. The Morgan fingerprint density at radius 1 is 0.836 bits per heavy atom. The molecular weight excluding hydrogens is 885 g/mol. The van der Waals surface area contributed by atoms with Crippen LogP contribution in [0.5, 0.6) is 11.5 Å². The summed E-state index contributed by atoms with van der Waals surface area (Å²) < 4.78 is 17.6. The van der Waals surface area contributed by atoms with E-state index in [1.807, 2.05) is 52.7 Å². The van der Waals surface area contributed by atoms with Gasteiger partial charge < -0.3 is 39.8 Å². The van der Waals surface area contributed by atoms with Crippen LogP contribution in [0.2, 0.25) is 0 Å². The quantitative estimate of drug-likeness (QED) is 0.119. The Balaban J connectivity index is 0.000000169. The molecule has 3 N–H and O–H groups in total. The SMILES string of the molecule is C=CC(=O)N1CCC(n2cc(-c3cc4cc(C)cc(OC)c4s3)c3c(NC)ncnc32)C1.COc1cc(C)cc2cc(-c3nn([C@H]4CCN(C(=O)/C=C/CN(C)C)C4)c4ncnc(N)c34)sc12. The Hall–Kier alpha value is -6.89. The summed E-state index contributed by atoms with van der Waals surface area (Å²) in [6, 6.07) is 12.9. The summed E-state index contributed by atoms with van der Waals surface area (Å²) in [6.07, 6.45) is 11.8. The molecule has 0 aliphatic carbocycles. The molecule has 2 aliphatic heterocycles. The van der Waals surface area contributed by atoms with Crippen molar-refractivity contribution >= 4 is 88.4 Å². The lowest BCUT2D eigenvalue weighted by molar-refractivity contribution is -0.125. The van der Waals surface area contributed by atoms with E-state index >= 15 is 0 Å². The van der Waals surface area contributed by atoms with Crippen molar-refractivity contribution in [2.24, 2.45) is 0 Å². The van der Waals surface area contributed by atoms with Gasteiger partial charge in [-0.15, -0.1) is 22.7 Å². The van der Waals surface area contributed by atoms with Crippen molar-refractivity contribution in [2.45, 2.75) is 38.8 Å². The van der Waals surface area contributed by atoms with Crippen LogP contribution in [-0.4, -0.2) is 129 Å². The highest BCUT2D eigenvalue weighted by atomic mass is 32.1. The number of nitrogens with zero attached hydrogens (tertiary/aromatic N) is 10. The second-order valence-electron chi connectivity index (χ2n) is 17.2. The second kappa shape index (κ2) is 18.8. The van der Waals surface area contributed by atoms with Crippen molar-refractivity contribution < 1.29 is 19.1 Å². The Kier molecular flexibility index (Phi) is 12.7. The Morgan fingerprint density at radius 3 is 2.10 bits per heavy atom. The van der Waals surface area contributed by atoms with Crippen LogP contribution in [0.4, 0.5) is 11.6 Å². The predicted octanol–water partition coefficient (Wildman–Crippen LogP) is 8.13. The minimum Gasteiger partial charge on any atom is -0.495 e. The van der Waals surface area contributed by atoms with Crippen LogP contribution in [0.3, 0.4) is 0 Å². The van der Waals surface area contributed by atoms with E-state index in [9.17, 15) is 9.59 Å². The minimum atomic E-state index is -0.0262. The van der Waals surface area contributed by atoms with Crippen molar-refractivity contribution in [2.75, 3.05) is 79.1 Å². The first-order chi connectivity index (χ1) is 32.4. The minimum absolute atomic E-state index is 0.0120. The van der Waals surface area contributed by atoms with Crippen molar-refractivity contribution in [3.63, 3.8) is 0 Å². The highest BCUT2D eigenvalue weighted by Gasteiger charge is 2.32. The van der Waals surface area contributed by atoms with E-state index in [1.165, 1.54) is 18.0 Å². The number of benzene rings is 2. The number of nitrogens with two attached hydrogens (primary N) is 1. The van der Waals surface area contributed by atoms with Crippen molar-refractivity contribution in [3.05, 3.63) is 91.2 Å². The van der Waals surface area contributed by atoms with Crippen LogP contribution in [0, 0.1) is 13.8 Å². The molecule has 1 unspecified atom stereocenters. The fourth-order valence-electron chi connectivity index (χ4n) is 9.15. The molecule has 6 aromatic heterocycles. The highest BCUT2D eigenvalue weighted by molar-refractivity contribution is 7.23. The number of methoxy groups -OCH3 is 2. The van der Waals surface area contributed by atoms with E-state index < -0.39 is 0 Å². The Morgan fingerprint density at radius 2 is 1.45 bits per heavy atom. The van der Waals surface area contributed by atoms with Crippen LogP contribution in [-0.2, 0) is 9.59 Å². The summed E-state index contributed by atoms with van der Waals surface area (Å²) in [6.45, 7) is 11.1. The molecule has 16 nitrogen and oxygen atoms in total. The Bertz CT molecular complexity index is 3220. The maximum atomic E-state index is 12.7. The first-order valence-corrected chi connectivity index (χ1v) is 23.7. The molecule has 67 heavy (non-hydrogen) atoms. The molecule has 2 aromatic carbocycles. The summed E-state index contributed by atoms with van der Waals surface area (Å²) in [4.78, 5) is 50.5. The number of fused-ring (bicyclic) bond motifs is 4. The van der Waals surface area contributed by atoms with Gasteiger partial charge in [0.1, 0.15) is 47.1 Å². The molecule has 8 aromatic rings. The number of rotatable bonds is 11. The van der Waals surface area contributed by atoms with Crippen LogP contribution in [0.1, 0.15) is 36.1 Å². The van der Waals surface area contributed by atoms with E-state index in [-0.39, 0.29) is 23.9 Å². The third-order valence-electron chi connectivity index (χ3n) is 12.4. The van der Waals surface area contributed by atoms with Gasteiger partial charge in [-0.2, -0.15) is 5.10 Å². The molecule has 2 aliphatic rings. The number of carbonyl (C=O) groups is 2. The van der Waals surface area contributed by atoms with Gasteiger partial charge in [0, 0.05) is 62.5 Å². The molecule has 10 rings (SSSR count). The van der Waals surface area contributed by atoms with E-state index in [0.29, 0.717) is 37.6 Å². The molecule has 346 valence electrons. The topological polar surface area (TPSA) is 175 Å². The number of likely N-dealkylation sites (tertiary alicyclic amines) is 2. The number of aromatic nitrogens is 7. The standard InChI is InChI=1S/C25H29N7O2S.C24H25N5O2S/c1-15-10-16-12-19(35-23(16)18(11-15)34-4)22-21-24(26)27-14-28-25(21)32(29-22)17-7-9-31(13-17)20(33)6-5-8-30(2)3;1-5-20(30)28-7-6-16(11-28)29-12-17(21-23(25-3)26-13-27-24(21)29)19-10-15-8-14(2)9-18(31-4)22(15)32-19/h5-6,10-12,14,17H,7-9,13H2,1-4H3,(H2,26,27,28);5,8-10,12-13,16H,1,6-7,11H2,2-4H3,(H,25,26,27)/b6-5+;/t17-;/m0./s1. The van der Waals surface area contributed by atoms with Gasteiger partial charge >= 0.3 is 0 Å². The molecule has 18 heteroatoms. The number of nitrogens with one attached hydrogen (secondary N) is 1. The van der Waals surface area contributed by atoms with E-state index in [1.54, 1.807) is 49.3 Å². The maximum absolute atomic E-state index is 12.7. The van der Waals surface area contributed by atoms with Gasteiger partial charge in [0.2, 0.25) is 11.8 Å². The fraction of sp³-hybridized carbons (Fsp3) is 0.327.